The van der Waals surface area contributed by atoms with E-state index in [0.717, 1.165) is 5.92 Å². The summed E-state index contributed by atoms with van der Waals surface area (Å²) in [6.07, 6.45) is 3.75. The molecule has 2 unspecified atom stereocenters. The van der Waals surface area contributed by atoms with Gasteiger partial charge in [0.15, 0.2) is 0 Å². The first-order valence-electron chi connectivity index (χ1n) is 6.94. The minimum absolute atomic E-state index is 0.575. The van der Waals surface area contributed by atoms with E-state index < -0.39 is 0 Å². The molecule has 0 saturated carbocycles. The number of benzene rings is 1. The minimum atomic E-state index is 0.575. The van der Waals surface area contributed by atoms with Crippen LogP contribution < -0.4 is 0 Å². The van der Waals surface area contributed by atoms with E-state index in [0.29, 0.717) is 6.04 Å². The highest BCUT2D eigenvalue weighted by molar-refractivity contribution is 5.19. The Morgan fingerprint density at radius 1 is 1.12 bits per heavy atom. The third kappa shape index (κ3) is 4.51. The third-order valence-corrected chi connectivity index (χ3v) is 3.62. The molecule has 0 spiro atoms. The van der Waals surface area contributed by atoms with E-state index in [2.05, 4.69) is 63.1 Å². The van der Waals surface area contributed by atoms with Gasteiger partial charge in [0.25, 0.3) is 0 Å². The molecule has 0 radical (unpaired) electrons. The molecule has 1 aromatic carbocycles. The third-order valence-electron chi connectivity index (χ3n) is 3.62. The Kier molecular flexibility index (Phi) is 6.28. The summed E-state index contributed by atoms with van der Waals surface area (Å²) in [5.41, 5.74) is 1.46. The molecule has 1 aromatic rings. The highest BCUT2D eigenvalue weighted by Gasteiger charge is 2.18. The second-order valence-electron chi connectivity index (χ2n) is 5.16. The van der Waals surface area contributed by atoms with E-state index in [4.69, 9.17) is 0 Å². The highest BCUT2D eigenvalue weighted by Crippen LogP contribution is 2.27. The van der Waals surface area contributed by atoms with Crippen molar-refractivity contribution in [2.75, 3.05) is 13.6 Å². The van der Waals surface area contributed by atoms with E-state index in [9.17, 15) is 0 Å². The van der Waals surface area contributed by atoms with Crippen LogP contribution in [-0.4, -0.2) is 18.5 Å². The SMILES string of the molecule is CCCN(C)C(CC(C)CC)c1ccccc1. The predicted octanol–water partition coefficient (Wildman–Crippen LogP) is 4.51. The Balaban J connectivity index is 2.78. The topological polar surface area (TPSA) is 3.24 Å². The van der Waals surface area contributed by atoms with Gasteiger partial charge in [-0.15, -0.1) is 0 Å². The zero-order valence-electron chi connectivity index (χ0n) is 11.8. The number of hydrogen-bond donors (Lipinski definition) is 0. The van der Waals surface area contributed by atoms with Crippen molar-refractivity contribution in [1.29, 1.82) is 0 Å². The molecule has 0 amide bonds. The molecule has 1 heteroatoms. The van der Waals surface area contributed by atoms with Gasteiger partial charge in [0.05, 0.1) is 0 Å². The molecular weight excluding hydrogens is 206 g/mol. The highest BCUT2D eigenvalue weighted by atomic mass is 15.1. The van der Waals surface area contributed by atoms with E-state index in [-0.39, 0.29) is 0 Å². The normalized spacial score (nSPS) is 14.9. The van der Waals surface area contributed by atoms with Crippen molar-refractivity contribution in [3.05, 3.63) is 35.9 Å². The molecule has 96 valence electrons. The molecule has 1 rings (SSSR count). The van der Waals surface area contributed by atoms with Crippen LogP contribution in [0.25, 0.3) is 0 Å². The number of nitrogens with zero attached hydrogens (tertiary/aromatic N) is 1. The molecule has 0 aliphatic heterocycles. The Morgan fingerprint density at radius 3 is 2.29 bits per heavy atom. The fraction of sp³-hybridized carbons (Fsp3) is 0.625. The van der Waals surface area contributed by atoms with Crippen molar-refractivity contribution in [2.45, 2.75) is 46.1 Å². The van der Waals surface area contributed by atoms with Gasteiger partial charge in [0.1, 0.15) is 0 Å². The van der Waals surface area contributed by atoms with Crippen LogP contribution in [0, 0.1) is 5.92 Å². The quantitative estimate of drug-likeness (QED) is 0.670. The Morgan fingerprint density at radius 2 is 1.76 bits per heavy atom. The molecule has 0 aliphatic carbocycles. The first kappa shape index (κ1) is 14.2. The van der Waals surface area contributed by atoms with E-state index in [1.54, 1.807) is 0 Å². The van der Waals surface area contributed by atoms with Gasteiger partial charge in [-0.3, -0.25) is 4.90 Å². The summed E-state index contributed by atoms with van der Waals surface area (Å²) in [6, 6.07) is 11.5. The summed E-state index contributed by atoms with van der Waals surface area (Å²) < 4.78 is 0. The standard InChI is InChI=1S/C16H27N/c1-5-12-17(4)16(13-14(3)6-2)15-10-8-7-9-11-15/h7-11,14,16H,5-6,12-13H2,1-4H3. The van der Waals surface area contributed by atoms with Crippen molar-refractivity contribution < 1.29 is 0 Å². The predicted molar refractivity (Wildman–Crippen MR) is 76.2 cm³/mol. The van der Waals surface area contributed by atoms with Gasteiger partial charge in [-0.2, -0.15) is 0 Å². The van der Waals surface area contributed by atoms with E-state index in [1.807, 2.05) is 0 Å². The lowest BCUT2D eigenvalue weighted by Gasteiger charge is -2.30. The van der Waals surface area contributed by atoms with Crippen LogP contribution in [0.1, 0.15) is 51.6 Å². The van der Waals surface area contributed by atoms with Gasteiger partial charge < -0.3 is 0 Å². The maximum Gasteiger partial charge on any atom is 0.0347 e. The summed E-state index contributed by atoms with van der Waals surface area (Å²) >= 11 is 0. The van der Waals surface area contributed by atoms with Crippen LogP contribution >= 0.6 is 0 Å². The summed E-state index contributed by atoms with van der Waals surface area (Å²) in [4.78, 5) is 2.50. The number of rotatable bonds is 7. The summed E-state index contributed by atoms with van der Waals surface area (Å²) in [7, 11) is 2.25. The smallest absolute Gasteiger partial charge is 0.0347 e. The average Bonchev–Trinajstić information content (AvgIpc) is 2.36. The Bertz CT molecular complexity index is 294. The van der Waals surface area contributed by atoms with Crippen LogP contribution in [-0.2, 0) is 0 Å². The lowest BCUT2D eigenvalue weighted by Crippen LogP contribution is -2.26. The first-order valence-corrected chi connectivity index (χ1v) is 6.94. The molecular formula is C16H27N. The van der Waals surface area contributed by atoms with Crippen molar-refractivity contribution in [2.24, 2.45) is 5.92 Å². The fourth-order valence-corrected chi connectivity index (χ4v) is 2.30. The zero-order chi connectivity index (χ0) is 12.7. The molecule has 0 N–H and O–H groups in total. The average molecular weight is 233 g/mol. The Hall–Kier alpha value is -0.820. The molecule has 0 bridgehead atoms. The summed E-state index contributed by atoms with van der Waals surface area (Å²) in [5, 5.41) is 0. The van der Waals surface area contributed by atoms with Crippen LogP contribution in [0.2, 0.25) is 0 Å². The molecule has 0 aromatic heterocycles. The second kappa shape index (κ2) is 7.50. The lowest BCUT2D eigenvalue weighted by molar-refractivity contribution is 0.210. The molecule has 0 aliphatic rings. The van der Waals surface area contributed by atoms with Gasteiger partial charge in [0, 0.05) is 6.04 Å². The molecule has 2 atom stereocenters. The van der Waals surface area contributed by atoms with Gasteiger partial charge in [-0.05, 0) is 37.9 Å². The fourth-order valence-electron chi connectivity index (χ4n) is 2.30. The van der Waals surface area contributed by atoms with Crippen LogP contribution in [0.3, 0.4) is 0 Å². The number of hydrogen-bond acceptors (Lipinski definition) is 1. The molecule has 0 saturated heterocycles. The monoisotopic (exact) mass is 233 g/mol. The van der Waals surface area contributed by atoms with Crippen molar-refractivity contribution >= 4 is 0 Å². The van der Waals surface area contributed by atoms with Crippen LogP contribution in [0.15, 0.2) is 30.3 Å². The van der Waals surface area contributed by atoms with Crippen LogP contribution in [0.5, 0.6) is 0 Å². The summed E-state index contributed by atoms with van der Waals surface area (Å²) in [6.45, 7) is 8.07. The maximum absolute atomic E-state index is 2.50. The molecule has 0 fully saturated rings. The second-order valence-corrected chi connectivity index (χ2v) is 5.16. The summed E-state index contributed by atoms with van der Waals surface area (Å²) in [5.74, 6) is 0.791. The first-order chi connectivity index (χ1) is 8.19. The Labute approximate surface area is 107 Å². The molecule has 17 heavy (non-hydrogen) atoms. The lowest BCUT2D eigenvalue weighted by atomic mass is 9.93. The molecule has 1 nitrogen and oxygen atoms in total. The minimum Gasteiger partial charge on any atom is -0.299 e. The van der Waals surface area contributed by atoms with Crippen molar-refractivity contribution in [3.8, 4) is 0 Å². The largest absolute Gasteiger partial charge is 0.299 e. The maximum atomic E-state index is 2.50. The van der Waals surface area contributed by atoms with Crippen molar-refractivity contribution in [1.82, 2.24) is 4.90 Å². The molecule has 0 heterocycles. The van der Waals surface area contributed by atoms with Gasteiger partial charge in [0.2, 0.25) is 0 Å². The van der Waals surface area contributed by atoms with Crippen molar-refractivity contribution in [3.63, 3.8) is 0 Å². The van der Waals surface area contributed by atoms with Gasteiger partial charge in [-0.1, -0.05) is 57.5 Å². The zero-order valence-corrected chi connectivity index (χ0v) is 11.8. The van der Waals surface area contributed by atoms with Gasteiger partial charge >= 0.3 is 0 Å². The van der Waals surface area contributed by atoms with E-state index >= 15 is 0 Å². The van der Waals surface area contributed by atoms with Gasteiger partial charge in [-0.25, -0.2) is 0 Å². The van der Waals surface area contributed by atoms with Crippen LogP contribution in [0.4, 0.5) is 0 Å². The van der Waals surface area contributed by atoms with E-state index in [1.165, 1.54) is 31.4 Å².